The van der Waals surface area contributed by atoms with E-state index in [4.69, 9.17) is 23.2 Å². The lowest BCUT2D eigenvalue weighted by Gasteiger charge is -2.35. The van der Waals surface area contributed by atoms with Crippen LogP contribution in [0, 0.1) is 18.8 Å². The number of nitrogens with zero attached hydrogens (tertiary/aromatic N) is 4. The van der Waals surface area contributed by atoms with E-state index in [0.717, 1.165) is 17.1 Å². The second kappa shape index (κ2) is 10.8. The molecule has 2 aromatic heterocycles. The second-order valence-corrected chi connectivity index (χ2v) is 12.9. The highest BCUT2D eigenvalue weighted by atomic mass is 35.5. The Hall–Kier alpha value is -3.09. The standard InChI is InChI=1S/C25H29Cl2N5O6S/c1-13-7-14(2)11-30(10-13)19(33)12-31-15(3)24(39(4,37)38)32-23(36)21(34)20(29-25(31)32)22(35)28-9-16-5-6-17(26)18(27)8-16/h5-6,8,13-14,34H,7,9-12H2,1-4H3,(H,28,35). The summed E-state index contributed by atoms with van der Waals surface area (Å²) in [5, 5.41) is 13.4. The summed E-state index contributed by atoms with van der Waals surface area (Å²) in [4.78, 5) is 45.4. The van der Waals surface area contributed by atoms with Crippen LogP contribution in [0.25, 0.3) is 5.78 Å². The van der Waals surface area contributed by atoms with Gasteiger partial charge < -0.3 is 19.9 Å². The number of carbonyl (C=O) groups is 2. The summed E-state index contributed by atoms with van der Waals surface area (Å²) in [5.41, 5.74) is -1.06. The van der Waals surface area contributed by atoms with E-state index in [1.54, 1.807) is 23.1 Å². The monoisotopic (exact) mass is 597 g/mol. The molecule has 210 valence electrons. The van der Waals surface area contributed by atoms with Crippen LogP contribution < -0.4 is 10.9 Å². The topological polar surface area (TPSA) is 143 Å². The number of hydrogen-bond acceptors (Lipinski definition) is 7. The minimum atomic E-state index is -4.00. The van der Waals surface area contributed by atoms with Gasteiger partial charge in [0.05, 0.1) is 15.7 Å². The number of amides is 2. The van der Waals surface area contributed by atoms with Crippen molar-refractivity contribution in [1.29, 1.82) is 0 Å². The third-order valence-electron chi connectivity index (χ3n) is 6.72. The van der Waals surface area contributed by atoms with Gasteiger partial charge in [-0.1, -0.05) is 43.1 Å². The molecular formula is C25H29Cl2N5O6S. The fraction of sp³-hybridized carbons (Fsp3) is 0.440. The van der Waals surface area contributed by atoms with Crippen LogP contribution in [0.4, 0.5) is 0 Å². The van der Waals surface area contributed by atoms with Gasteiger partial charge in [0.2, 0.25) is 17.4 Å². The average molecular weight is 599 g/mol. The zero-order chi connectivity index (χ0) is 28.8. The molecule has 2 atom stereocenters. The minimum absolute atomic E-state index is 0.0192. The molecule has 39 heavy (non-hydrogen) atoms. The van der Waals surface area contributed by atoms with Crippen LogP contribution in [0.5, 0.6) is 5.75 Å². The van der Waals surface area contributed by atoms with Gasteiger partial charge in [-0.15, -0.1) is 0 Å². The molecule has 2 unspecified atom stereocenters. The number of imidazole rings is 1. The molecule has 2 amide bonds. The molecule has 1 aromatic carbocycles. The predicted molar refractivity (Wildman–Crippen MR) is 146 cm³/mol. The Morgan fingerprint density at radius 3 is 2.38 bits per heavy atom. The number of benzene rings is 1. The number of rotatable bonds is 6. The maximum atomic E-state index is 13.3. The van der Waals surface area contributed by atoms with Crippen LogP contribution in [0.15, 0.2) is 28.0 Å². The lowest BCUT2D eigenvalue weighted by molar-refractivity contribution is -0.134. The van der Waals surface area contributed by atoms with Crippen LogP contribution in [0.1, 0.15) is 42.0 Å². The van der Waals surface area contributed by atoms with Crippen molar-refractivity contribution in [2.45, 2.75) is 45.3 Å². The summed E-state index contributed by atoms with van der Waals surface area (Å²) in [5.74, 6) is -1.82. The number of nitrogens with one attached hydrogen (secondary N) is 1. The zero-order valence-electron chi connectivity index (χ0n) is 21.9. The lowest BCUT2D eigenvalue weighted by Crippen LogP contribution is -2.44. The molecule has 1 aliphatic rings. The second-order valence-electron chi connectivity index (χ2n) is 10.2. The van der Waals surface area contributed by atoms with E-state index < -0.39 is 37.8 Å². The maximum absolute atomic E-state index is 13.3. The summed E-state index contributed by atoms with van der Waals surface area (Å²) in [6.45, 7) is 6.34. The van der Waals surface area contributed by atoms with Gasteiger partial charge >= 0.3 is 5.56 Å². The molecule has 2 N–H and O–H groups in total. The first kappa shape index (κ1) is 28.9. The van der Waals surface area contributed by atoms with Gasteiger partial charge in [0.15, 0.2) is 20.6 Å². The number of sulfone groups is 1. The van der Waals surface area contributed by atoms with E-state index in [1.807, 2.05) is 0 Å². The molecule has 11 nitrogen and oxygen atoms in total. The highest BCUT2D eigenvalue weighted by Crippen LogP contribution is 2.25. The lowest BCUT2D eigenvalue weighted by atomic mass is 9.92. The molecule has 0 spiro atoms. The number of piperidine rings is 1. The minimum Gasteiger partial charge on any atom is -0.501 e. The quantitative estimate of drug-likeness (QED) is 0.444. The molecule has 1 fully saturated rings. The number of carbonyl (C=O) groups excluding carboxylic acids is 2. The number of fused-ring (bicyclic) bond motifs is 1. The summed E-state index contributed by atoms with van der Waals surface area (Å²) >= 11 is 11.9. The molecule has 4 rings (SSSR count). The van der Waals surface area contributed by atoms with E-state index >= 15 is 0 Å². The molecule has 1 aliphatic heterocycles. The smallest absolute Gasteiger partial charge is 0.303 e. The normalized spacial score (nSPS) is 17.9. The molecule has 14 heteroatoms. The van der Waals surface area contributed by atoms with Gasteiger partial charge in [-0.3, -0.25) is 14.4 Å². The van der Waals surface area contributed by atoms with Gasteiger partial charge in [0.25, 0.3) is 5.91 Å². The van der Waals surface area contributed by atoms with Crippen molar-refractivity contribution in [3.05, 3.63) is 55.5 Å². The van der Waals surface area contributed by atoms with Crippen LogP contribution >= 0.6 is 23.2 Å². The van der Waals surface area contributed by atoms with Gasteiger partial charge in [-0.2, -0.15) is 0 Å². The summed E-state index contributed by atoms with van der Waals surface area (Å²) in [7, 11) is -4.00. The van der Waals surface area contributed by atoms with Crippen molar-refractivity contribution in [2.75, 3.05) is 19.3 Å². The Kier molecular flexibility index (Phi) is 8.02. The summed E-state index contributed by atoms with van der Waals surface area (Å²) in [6, 6.07) is 4.75. The fourth-order valence-electron chi connectivity index (χ4n) is 5.09. The molecule has 0 bridgehead atoms. The molecule has 0 aliphatic carbocycles. The van der Waals surface area contributed by atoms with Crippen molar-refractivity contribution in [2.24, 2.45) is 11.8 Å². The SMILES string of the molecule is Cc1c(S(C)(=O)=O)n2c(=O)c(O)c(C(=O)NCc3ccc(Cl)c(Cl)c3)nc2n1CC(=O)N1CC(C)CC(C)C1. The van der Waals surface area contributed by atoms with Crippen molar-refractivity contribution in [3.8, 4) is 5.75 Å². The van der Waals surface area contributed by atoms with E-state index in [0.29, 0.717) is 35.5 Å². The summed E-state index contributed by atoms with van der Waals surface area (Å²) in [6.07, 6.45) is 1.90. The number of aromatic hydroxyl groups is 1. The molecular weight excluding hydrogens is 569 g/mol. The molecule has 1 saturated heterocycles. The Morgan fingerprint density at radius 2 is 1.79 bits per heavy atom. The fourth-order valence-corrected chi connectivity index (χ4v) is 6.56. The van der Waals surface area contributed by atoms with Crippen molar-refractivity contribution in [1.82, 2.24) is 24.2 Å². The highest BCUT2D eigenvalue weighted by Gasteiger charge is 2.31. The van der Waals surface area contributed by atoms with Crippen LogP contribution in [0.3, 0.4) is 0 Å². The zero-order valence-corrected chi connectivity index (χ0v) is 24.2. The molecule has 0 radical (unpaired) electrons. The van der Waals surface area contributed by atoms with Gasteiger partial charge in [0.1, 0.15) is 6.54 Å². The van der Waals surface area contributed by atoms with E-state index in [-0.39, 0.29) is 35.5 Å². The summed E-state index contributed by atoms with van der Waals surface area (Å²) < 4.78 is 27.4. The van der Waals surface area contributed by atoms with E-state index in [9.17, 15) is 27.9 Å². The number of hydrogen-bond donors (Lipinski definition) is 2. The Labute approximate surface area is 235 Å². The average Bonchev–Trinajstić information content (AvgIpc) is 3.12. The van der Waals surface area contributed by atoms with E-state index in [2.05, 4.69) is 24.1 Å². The molecule has 0 saturated carbocycles. The third-order valence-corrected chi connectivity index (χ3v) is 8.64. The Bertz CT molecular complexity index is 1640. The molecule has 3 aromatic rings. The Morgan fingerprint density at radius 1 is 1.15 bits per heavy atom. The van der Waals surface area contributed by atoms with Crippen LogP contribution in [0.2, 0.25) is 10.0 Å². The van der Waals surface area contributed by atoms with Gasteiger partial charge in [-0.05, 0) is 42.9 Å². The first-order valence-corrected chi connectivity index (χ1v) is 14.9. The van der Waals surface area contributed by atoms with Crippen LogP contribution in [-0.2, 0) is 27.7 Å². The number of aromatic nitrogens is 3. The van der Waals surface area contributed by atoms with Crippen molar-refractivity contribution in [3.63, 3.8) is 0 Å². The highest BCUT2D eigenvalue weighted by molar-refractivity contribution is 7.90. The van der Waals surface area contributed by atoms with Crippen molar-refractivity contribution < 1.29 is 23.1 Å². The van der Waals surface area contributed by atoms with Crippen LogP contribution in [-0.4, -0.2) is 63.5 Å². The van der Waals surface area contributed by atoms with Gasteiger partial charge in [-0.25, -0.2) is 17.8 Å². The first-order chi connectivity index (χ1) is 18.2. The third kappa shape index (κ3) is 5.78. The van der Waals surface area contributed by atoms with E-state index in [1.165, 1.54) is 11.5 Å². The van der Waals surface area contributed by atoms with Crippen molar-refractivity contribution >= 4 is 50.6 Å². The maximum Gasteiger partial charge on any atom is 0.303 e. The molecule has 3 heterocycles. The predicted octanol–water partition coefficient (Wildman–Crippen LogP) is 2.65. The van der Waals surface area contributed by atoms with Gasteiger partial charge in [0, 0.05) is 25.9 Å². The Balaban J connectivity index is 1.76. The largest absolute Gasteiger partial charge is 0.501 e. The number of halogens is 2. The first-order valence-electron chi connectivity index (χ1n) is 12.2. The number of likely N-dealkylation sites (tertiary alicyclic amines) is 1.